The lowest BCUT2D eigenvalue weighted by Gasteiger charge is -2.25. The third-order valence-corrected chi connectivity index (χ3v) is 4.06. The Balaban J connectivity index is 2.27. The number of hydrogen-bond acceptors (Lipinski definition) is 5. The summed E-state index contributed by atoms with van der Waals surface area (Å²) in [5, 5.41) is 13.1. The third-order valence-electron chi connectivity index (χ3n) is 3.10. The quantitative estimate of drug-likeness (QED) is 0.414. The van der Waals surface area contributed by atoms with E-state index < -0.39 is 11.5 Å². The zero-order valence-electron chi connectivity index (χ0n) is 12.3. The lowest BCUT2D eigenvalue weighted by Crippen LogP contribution is -2.49. The van der Waals surface area contributed by atoms with Crippen LogP contribution in [0.25, 0.3) is 0 Å². The lowest BCUT2D eigenvalue weighted by molar-refractivity contribution is -0.144. The van der Waals surface area contributed by atoms with E-state index in [1.807, 2.05) is 26.2 Å². The number of aliphatic carboxylic acids is 1. The molecular weight excluding hydrogens is 274 g/mol. The van der Waals surface area contributed by atoms with Gasteiger partial charge in [0.25, 0.3) is 0 Å². The molecule has 0 aliphatic heterocycles. The number of nitrogens with zero attached hydrogens (tertiary/aromatic N) is 2. The van der Waals surface area contributed by atoms with Crippen LogP contribution in [-0.2, 0) is 4.79 Å². The highest BCUT2D eigenvalue weighted by atomic mass is 32.2. The van der Waals surface area contributed by atoms with Crippen molar-refractivity contribution in [3.8, 4) is 0 Å². The van der Waals surface area contributed by atoms with E-state index in [1.54, 1.807) is 18.7 Å². The average molecular weight is 297 g/mol. The molecule has 5 nitrogen and oxygen atoms in total. The molecule has 1 unspecified atom stereocenters. The van der Waals surface area contributed by atoms with Crippen molar-refractivity contribution in [2.24, 2.45) is 0 Å². The number of rotatable bonds is 9. The van der Waals surface area contributed by atoms with Crippen molar-refractivity contribution in [2.45, 2.75) is 50.7 Å². The normalized spacial score (nSPS) is 13.9. The van der Waals surface area contributed by atoms with Crippen LogP contribution in [0, 0.1) is 6.92 Å². The number of aromatic nitrogens is 2. The minimum atomic E-state index is -0.820. The summed E-state index contributed by atoms with van der Waals surface area (Å²) in [6.45, 7) is 6.29. The van der Waals surface area contributed by atoms with E-state index in [4.69, 9.17) is 0 Å². The van der Waals surface area contributed by atoms with Gasteiger partial charge in [0.15, 0.2) is 5.16 Å². The number of unbranched alkanes of at least 4 members (excludes halogenated alkanes) is 1. The van der Waals surface area contributed by atoms with E-state index in [1.165, 1.54) is 0 Å². The highest BCUT2D eigenvalue weighted by Gasteiger charge is 2.30. The number of hydrogen-bond donors (Lipinski definition) is 2. The largest absolute Gasteiger partial charge is 0.480 e. The molecule has 1 atom stereocenters. The molecule has 6 heteroatoms. The van der Waals surface area contributed by atoms with E-state index in [9.17, 15) is 9.90 Å². The van der Waals surface area contributed by atoms with Crippen molar-refractivity contribution in [1.82, 2.24) is 15.3 Å². The number of carboxylic acid groups (broad SMARTS) is 1. The van der Waals surface area contributed by atoms with Crippen LogP contribution in [0.2, 0.25) is 0 Å². The summed E-state index contributed by atoms with van der Waals surface area (Å²) in [4.78, 5) is 19.7. The zero-order valence-corrected chi connectivity index (χ0v) is 13.2. The Bertz CT molecular complexity index is 425. The molecule has 2 N–H and O–H groups in total. The second kappa shape index (κ2) is 8.21. The zero-order chi connectivity index (χ0) is 15.0. The maximum Gasteiger partial charge on any atom is 0.323 e. The molecule has 0 saturated carbocycles. The molecule has 0 spiro atoms. The second-order valence-corrected chi connectivity index (χ2v) is 6.08. The van der Waals surface area contributed by atoms with E-state index in [-0.39, 0.29) is 0 Å². The van der Waals surface area contributed by atoms with Gasteiger partial charge in [-0.05, 0) is 38.8 Å². The predicted molar refractivity (Wildman–Crippen MR) is 81.1 cm³/mol. The Morgan fingerprint density at radius 1 is 1.40 bits per heavy atom. The minimum Gasteiger partial charge on any atom is -0.480 e. The van der Waals surface area contributed by atoms with Crippen molar-refractivity contribution in [2.75, 3.05) is 12.3 Å². The summed E-state index contributed by atoms with van der Waals surface area (Å²) in [5.41, 5.74) is 0.233. The van der Waals surface area contributed by atoms with Gasteiger partial charge >= 0.3 is 5.97 Å². The molecular formula is C14H23N3O2S. The molecule has 0 radical (unpaired) electrons. The Kier molecular flexibility index (Phi) is 6.95. The molecule has 0 fully saturated rings. The molecule has 1 heterocycles. The van der Waals surface area contributed by atoms with E-state index in [0.717, 1.165) is 29.3 Å². The standard InChI is InChI=1S/C14H23N3O2S/c1-4-17-14(3,12(18)19)7-5-6-8-20-13-15-9-11(2)10-16-13/h9-10,17H,4-8H2,1-3H3,(H,18,19). The average Bonchev–Trinajstić information content (AvgIpc) is 2.40. The molecule has 0 saturated heterocycles. The highest BCUT2D eigenvalue weighted by Crippen LogP contribution is 2.18. The highest BCUT2D eigenvalue weighted by molar-refractivity contribution is 7.99. The number of likely N-dealkylation sites (N-methyl/N-ethyl adjacent to an activating group) is 1. The maximum absolute atomic E-state index is 11.2. The van der Waals surface area contributed by atoms with Crippen LogP contribution in [0.4, 0.5) is 0 Å². The number of carbonyl (C=O) groups is 1. The minimum absolute atomic E-state index is 0.630. The Hall–Kier alpha value is -1.14. The summed E-state index contributed by atoms with van der Waals surface area (Å²) in [6, 6.07) is 0. The van der Waals surface area contributed by atoms with Gasteiger partial charge in [-0.1, -0.05) is 25.1 Å². The van der Waals surface area contributed by atoms with Crippen LogP contribution < -0.4 is 5.32 Å². The molecule has 0 aromatic carbocycles. The number of nitrogens with one attached hydrogen (secondary N) is 1. The van der Waals surface area contributed by atoms with Crippen LogP contribution in [0.15, 0.2) is 17.6 Å². The summed E-state index contributed by atoms with van der Waals surface area (Å²) in [6.07, 6.45) is 6.07. The maximum atomic E-state index is 11.2. The van der Waals surface area contributed by atoms with Crippen molar-refractivity contribution in [1.29, 1.82) is 0 Å². The molecule has 1 aromatic heterocycles. The first-order valence-electron chi connectivity index (χ1n) is 6.88. The molecule has 0 aliphatic rings. The number of carboxylic acids is 1. The van der Waals surface area contributed by atoms with E-state index in [0.29, 0.717) is 13.0 Å². The van der Waals surface area contributed by atoms with Crippen molar-refractivity contribution in [3.63, 3.8) is 0 Å². The van der Waals surface area contributed by atoms with Gasteiger partial charge in [-0.3, -0.25) is 4.79 Å². The first kappa shape index (κ1) is 16.9. The molecule has 1 rings (SSSR count). The third kappa shape index (κ3) is 5.46. The van der Waals surface area contributed by atoms with Crippen molar-refractivity contribution in [3.05, 3.63) is 18.0 Å². The molecule has 112 valence electrons. The van der Waals surface area contributed by atoms with Gasteiger partial charge in [0, 0.05) is 18.1 Å². The van der Waals surface area contributed by atoms with Crippen LogP contribution in [0.3, 0.4) is 0 Å². The summed E-state index contributed by atoms with van der Waals surface area (Å²) >= 11 is 1.61. The van der Waals surface area contributed by atoms with Gasteiger partial charge in [-0.15, -0.1) is 0 Å². The topological polar surface area (TPSA) is 75.1 Å². The monoisotopic (exact) mass is 297 g/mol. The summed E-state index contributed by atoms with van der Waals surface area (Å²) in [5.74, 6) is 0.124. The lowest BCUT2D eigenvalue weighted by atomic mass is 9.95. The number of thioether (sulfide) groups is 1. The van der Waals surface area contributed by atoms with Gasteiger partial charge in [0.05, 0.1) is 0 Å². The van der Waals surface area contributed by atoms with Crippen LogP contribution in [0.5, 0.6) is 0 Å². The molecule has 20 heavy (non-hydrogen) atoms. The molecule has 0 bridgehead atoms. The van der Waals surface area contributed by atoms with Crippen molar-refractivity contribution < 1.29 is 9.90 Å². The molecule has 1 aromatic rings. The Morgan fingerprint density at radius 2 is 2.05 bits per heavy atom. The van der Waals surface area contributed by atoms with Gasteiger partial charge in [-0.2, -0.15) is 0 Å². The van der Waals surface area contributed by atoms with Gasteiger partial charge in [0.2, 0.25) is 0 Å². The Morgan fingerprint density at radius 3 is 2.60 bits per heavy atom. The summed E-state index contributed by atoms with van der Waals surface area (Å²) < 4.78 is 0. The predicted octanol–water partition coefficient (Wildman–Crippen LogP) is 2.50. The Labute approximate surface area is 124 Å². The smallest absolute Gasteiger partial charge is 0.323 e. The van der Waals surface area contributed by atoms with E-state index >= 15 is 0 Å². The fourth-order valence-electron chi connectivity index (χ4n) is 1.86. The second-order valence-electron chi connectivity index (χ2n) is 5.02. The first-order valence-corrected chi connectivity index (χ1v) is 7.86. The van der Waals surface area contributed by atoms with Crippen molar-refractivity contribution >= 4 is 17.7 Å². The van der Waals surface area contributed by atoms with Gasteiger partial charge in [0.1, 0.15) is 5.54 Å². The fourth-order valence-corrected chi connectivity index (χ4v) is 2.65. The van der Waals surface area contributed by atoms with E-state index in [2.05, 4.69) is 15.3 Å². The molecule has 0 aliphatic carbocycles. The van der Waals surface area contributed by atoms with Gasteiger partial charge in [-0.25, -0.2) is 9.97 Å². The van der Waals surface area contributed by atoms with Crippen LogP contribution in [0.1, 0.15) is 38.7 Å². The fraction of sp³-hybridized carbons (Fsp3) is 0.643. The summed E-state index contributed by atoms with van der Waals surface area (Å²) in [7, 11) is 0. The van der Waals surface area contributed by atoms with Crippen LogP contribution in [-0.4, -0.2) is 38.9 Å². The molecule has 0 amide bonds. The first-order chi connectivity index (χ1) is 9.48. The number of aryl methyl sites for hydroxylation is 1. The van der Waals surface area contributed by atoms with Crippen LogP contribution >= 0.6 is 11.8 Å². The van der Waals surface area contributed by atoms with Gasteiger partial charge < -0.3 is 10.4 Å². The SMILES string of the molecule is CCNC(C)(CCCCSc1ncc(C)cn1)C(=O)O.